The number of carbonyl (C=O) groups is 2. The second kappa shape index (κ2) is 11.7. The number of rotatable bonds is 11. The fourth-order valence-corrected chi connectivity index (χ4v) is 4.68. The van der Waals surface area contributed by atoms with Crippen LogP contribution in [-0.4, -0.2) is 31.6 Å². The molecule has 176 valence electrons. The highest BCUT2D eigenvalue weighted by atomic mass is 16.6. The molecule has 1 atom stereocenters. The van der Waals surface area contributed by atoms with E-state index in [4.69, 9.17) is 4.84 Å². The van der Waals surface area contributed by atoms with Crippen LogP contribution in [0.25, 0.3) is 0 Å². The molecular formula is C26H34N4O3. The third-order valence-corrected chi connectivity index (χ3v) is 6.31. The van der Waals surface area contributed by atoms with Crippen molar-refractivity contribution in [1.29, 1.82) is 0 Å². The van der Waals surface area contributed by atoms with Crippen molar-refractivity contribution in [2.45, 2.75) is 57.6 Å². The first kappa shape index (κ1) is 23.1. The summed E-state index contributed by atoms with van der Waals surface area (Å²) in [5, 5.41) is 6.12. The first-order valence-corrected chi connectivity index (χ1v) is 12.1. The standard InChI is InChI=1S/C26H34N4O3/c31-24(29-33-19-20-10-4-3-5-11-20)15-6-1-2-7-16-27-26(32)28-23-18-30-17-9-13-21-12-8-14-22(23)25(21)30/h3-5,8,10-12,14,23H,1-2,6-7,9,13,15-19H2,(H,29,31)(H2,27,28,32). The van der Waals surface area contributed by atoms with Crippen molar-refractivity contribution in [3.05, 3.63) is 65.2 Å². The van der Waals surface area contributed by atoms with Crippen molar-refractivity contribution in [3.8, 4) is 0 Å². The van der Waals surface area contributed by atoms with E-state index in [0.717, 1.165) is 50.8 Å². The number of carbonyl (C=O) groups excluding carboxylic acids is 2. The molecule has 3 N–H and O–H groups in total. The zero-order valence-corrected chi connectivity index (χ0v) is 19.1. The third-order valence-electron chi connectivity index (χ3n) is 6.31. The molecule has 0 aliphatic carbocycles. The van der Waals surface area contributed by atoms with Crippen LogP contribution in [0.4, 0.5) is 10.5 Å². The third kappa shape index (κ3) is 6.48. The topological polar surface area (TPSA) is 82.7 Å². The van der Waals surface area contributed by atoms with Crippen molar-refractivity contribution in [2.75, 3.05) is 24.5 Å². The molecule has 0 fully saturated rings. The highest BCUT2D eigenvalue weighted by molar-refractivity contribution is 5.76. The first-order valence-electron chi connectivity index (χ1n) is 12.1. The number of hydrogen-bond donors (Lipinski definition) is 3. The molecule has 2 heterocycles. The second-order valence-corrected chi connectivity index (χ2v) is 8.82. The van der Waals surface area contributed by atoms with E-state index in [2.05, 4.69) is 39.2 Å². The van der Waals surface area contributed by atoms with Crippen LogP contribution in [0.1, 0.15) is 61.3 Å². The maximum atomic E-state index is 12.4. The average molecular weight is 451 g/mol. The number of aryl methyl sites for hydroxylation is 1. The fourth-order valence-electron chi connectivity index (χ4n) is 4.68. The van der Waals surface area contributed by atoms with Gasteiger partial charge in [0.25, 0.3) is 0 Å². The van der Waals surface area contributed by atoms with E-state index in [1.54, 1.807) is 0 Å². The molecule has 2 aliphatic heterocycles. The number of hydrogen-bond acceptors (Lipinski definition) is 4. The minimum atomic E-state index is -0.104. The van der Waals surface area contributed by atoms with E-state index in [1.165, 1.54) is 23.2 Å². The summed E-state index contributed by atoms with van der Waals surface area (Å²) < 4.78 is 0. The van der Waals surface area contributed by atoms with Gasteiger partial charge in [0.1, 0.15) is 0 Å². The Labute approximate surface area is 195 Å². The van der Waals surface area contributed by atoms with Crippen LogP contribution in [-0.2, 0) is 22.7 Å². The van der Waals surface area contributed by atoms with Gasteiger partial charge in [-0.2, -0.15) is 0 Å². The van der Waals surface area contributed by atoms with E-state index >= 15 is 0 Å². The summed E-state index contributed by atoms with van der Waals surface area (Å²) in [5.41, 5.74) is 7.50. The van der Waals surface area contributed by atoms with Gasteiger partial charge in [0, 0.05) is 31.7 Å². The second-order valence-electron chi connectivity index (χ2n) is 8.82. The lowest BCUT2D eigenvalue weighted by molar-refractivity contribution is -0.134. The molecule has 1 unspecified atom stereocenters. The smallest absolute Gasteiger partial charge is 0.315 e. The summed E-state index contributed by atoms with van der Waals surface area (Å²) in [4.78, 5) is 31.9. The van der Waals surface area contributed by atoms with Gasteiger partial charge in [-0.15, -0.1) is 0 Å². The Kier molecular flexibility index (Phi) is 8.19. The molecule has 0 radical (unpaired) electrons. The minimum absolute atomic E-state index is 0.0562. The Morgan fingerprint density at radius 3 is 2.73 bits per heavy atom. The zero-order valence-electron chi connectivity index (χ0n) is 19.1. The molecule has 2 aromatic rings. The van der Waals surface area contributed by atoms with Crippen molar-refractivity contribution in [1.82, 2.24) is 16.1 Å². The van der Waals surface area contributed by atoms with E-state index < -0.39 is 0 Å². The van der Waals surface area contributed by atoms with Crippen LogP contribution in [0.3, 0.4) is 0 Å². The highest BCUT2D eigenvalue weighted by Gasteiger charge is 2.33. The molecule has 0 aromatic heterocycles. The summed E-state index contributed by atoms with van der Waals surface area (Å²) in [6.45, 7) is 2.94. The van der Waals surface area contributed by atoms with Gasteiger partial charge in [-0.25, -0.2) is 10.3 Å². The Bertz CT molecular complexity index is 934. The van der Waals surface area contributed by atoms with Gasteiger partial charge in [0.05, 0.1) is 12.6 Å². The lowest BCUT2D eigenvalue weighted by atomic mass is 9.99. The normalized spacial score (nSPS) is 16.2. The molecule has 0 spiro atoms. The molecule has 3 amide bonds. The quantitative estimate of drug-likeness (QED) is 0.357. The number of para-hydroxylation sites is 1. The summed E-state index contributed by atoms with van der Waals surface area (Å²) in [6, 6.07) is 16.1. The number of nitrogens with zero attached hydrogens (tertiary/aromatic N) is 1. The van der Waals surface area contributed by atoms with E-state index in [1.807, 2.05) is 30.3 Å². The van der Waals surface area contributed by atoms with Crippen LogP contribution >= 0.6 is 0 Å². The minimum Gasteiger partial charge on any atom is -0.369 e. The number of benzene rings is 2. The van der Waals surface area contributed by atoms with Crippen LogP contribution in [0.15, 0.2) is 48.5 Å². The Hall–Kier alpha value is -3.06. The maximum Gasteiger partial charge on any atom is 0.315 e. The Balaban J connectivity index is 1.04. The Morgan fingerprint density at radius 2 is 1.85 bits per heavy atom. The first-order chi connectivity index (χ1) is 16.2. The Morgan fingerprint density at radius 1 is 1.00 bits per heavy atom. The van der Waals surface area contributed by atoms with Gasteiger partial charge in [-0.3, -0.25) is 9.63 Å². The predicted octanol–water partition coefficient (Wildman–Crippen LogP) is 3.99. The van der Waals surface area contributed by atoms with Gasteiger partial charge in [0.15, 0.2) is 0 Å². The molecule has 2 aromatic carbocycles. The number of amides is 3. The van der Waals surface area contributed by atoms with Gasteiger partial charge in [-0.1, -0.05) is 61.4 Å². The lowest BCUT2D eigenvalue weighted by Crippen LogP contribution is -2.40. The highest BCUT2D eigenvalue weighted by Crippen LogP contribution is 2.40. The summed E-state index contributed by atoms with van der Waals surface area (Å²) >= 11 is 0. The monoisotopic (exact) mass is 450 g/mol. The van der Waals surface area contributed by atoms with Gasteiger partial charge < -0.3 is 15.5 Å². The molecule has 2 aliphatic rings. The van der Waals surface area contributed by atoms with Crippen LogP contribution in [0.2, 0.25) is 0 Å². The van der Waals surface area contributed by atoms with E-state index in [0.29, 0.717) is 19.6 Å². The number of urea groups is 1. The SMILES string of the molecule is O=C(CCCCCCNC(=O)NC1CN2CCCc3cccc1c32)NOCc1ccccc1. The zero-order chi connectivity index (χ0) is 22.9. The molecule has 4 rings (SSSR count). The summed E-state index contributed by atoms with van der Waals surface area (Å²) in [7, 11) is 0. The molecule has 7 nitrogen and oxygen atoms in total. The predicted molar refractivity (Wildman–Crippen MR) is 129 cm³/mol. The molecule has 33 heavy (non-hydrogen) atoms. The van der Waals surface area contributed by atoms with Crippen LogP contribution in [0, 0.1) is 0 Å². The van der Waals surface area contributed by atoms with Crippen molar-refractivity contribution in [2.24, 2.45) is 0 Å². The molecule has 0 saturated heterocycles. The number of hydroxylamine groups is 1. The average Bonchev–Trinajstić information content (AvgIpc) is 3.18. The van der Waals surface area contributed by atoms with E-state index in [-0.39, 0.29) is 18.0 Å². The number of unbranched alkanes of at least 4 members (excludes halogenated alkanes) is 3. The fraction of sp³-hybridized carbons (Fsp3) is 0.462. The van der Waals surface area contributed by atoms with Gasteiger partial charge in [0.2, 0.25) is 5.91 Å². The molecule has 7 heteroatoms. The van der Waals surface area contributed by atoms with E-state index in [9.17, 15) is 9.59 Å². The van der Waals surface area contributed by atoms with Gasteiger partial charge in [-0.05, 0) is 42.4 Å². The number of anilines is 1. The van der Waals surface area contributed by atoms with Gasteiger partial charge >= 0.3 is 6.03 Å². The van der Waals surface area contributed by atoms with Crippen molar-refractivity contribution < 1.29 is 14.4 Å². The summed E-state index contributed by atoms with van der Waals surface area (Å²) in [5.74, 6) is -0.0959. The summed E-state index contributed by atoms with van der Waals surface area (Å²) in [6.07, 6.45) is 6.38. The van der Waals surface area contributed by atoms with Crippen molar-refractivity contribution >= 4 is 17.6 Å². The lowest BCUT2D eigenvalue weighted by Gasteiger charge is -2.26. The largest absolute Gasteiger partial charge is 0.369 e. The maximum absolute atomic E-state index is 12.4. The molecule has 0 bridgehead atoms. The molecule has 0 saturated carbocycles. The van der Waals surface area contributed by atoms with Crippen molar-refractivity contribution in [3.63, 3.8) is 0 Å². The molecular weight excluding hydrogens is 416 g/mol. The number of nitrogens with one attached hydrogen (secondary N) is 3. The van der Waals surface area contributed by atoms with Crippen LogP contribution < -0.4 is 21.0 Å². The van der Waals surface area contributed by atoms with Crippen LogP contribution in [0.5, 0.6) is 0 Å².